The summed E-state index contributed by atoms with van der Waals surface area (Å²) in [5, 5.41) is 5.22. The maximum Gasteiger partial charge on any atom is 0.413 e. The van der Waals surface area contributed by atoms with Crippen LogP contribution < -0.4 is 10.6 Å². The van der Waals surface area contributed by atoms with Gasteiger partial charge in [-0.2, -0.15) is 0 Å². The van der Waals surface area contributed by atoms with Crippen LogP contribution in [-0.4, -0.2) is 44.9 Å². The third kappa shape index (κ3) is 6.50. The van der Waals surface area contributed by atoms with Crippen molar-refractivity contribution in [3.8, 4) is 0 Å². The number of anilines is 2. The molecule has 2 aromatic heterocycles. The smallest absolute Gasteiger partial charge is 0.413 e. The number of aromatic nitrogens is 2. The summed E-state index contributed by atoms with van der Waals surface area (Å²) < 4.78 is 5.23. The SMILES string of the molecule is Cc1cc(NC(=O)C(=O)N2C[C@H](C)CC[C@H]2c2ccncc2)cnc1NC(=O)OC(C)(C)C. The number of nitrogens with one attached hydrogen (secondary N) is 2. The number of hydrogen-bond acceptors (Lipinski definition) is 6. The molecule has 1 saturated heterocycles. The standard InChI is InChI=1S/C24H31N5O4/c1-15-6-7-19(17-8-10-25-11-9-17)29(14-15)22(31)21(30)27-18-12-16(2)20(26-13-18)28-23(32)33-24(3,4)5/h8-13,15,19H,6-7,14H2,1-5H3,(H,27,30)(H,26,28,32)/t15-,19+/m1/s1. The van der Waals surface area contributed by atoms with Gasteiger partial charge in [-0.05, 0) is 75.8 Å². The topological polar surface area (TPSA) is 114 Å². The van der Waals surface area contributed by atoms with Crippen molar-refractivity contribution < 1.29 is 19.1 Å². The predicted molar refractivity (Wildman–Crippen MR) is 125 cm³/mol. The molecule has 3 amide bonds. The molecule has 3 rings (SSSR count). The molecule has 9 heteroatoms. The highest BCUT2D eigenvalue weighted by molar-refractivity contribution is 6.39. The molecular formula is C24H31N5O4. The number of hydrogen-bond donors (Lipinski definition) is 2. The van der Waals surface area contributed by atoms with Crippen LogP contribution in [0.2, 0.25) is 0 Å². The van der Waals surface area contributed by atoms with Gasteiger partial charge in [-0.15, -0.1) is 0 Å². The lowest BCUT2D eigenvalue weighted by atomic mass is 9.90. The lowest BCUT2D eigenvalue weighted by Gasteiger charge is -2.38. The molecule has 0 bridgehead atoms. The number of amides is 3. The minimum absolute atomic E-state index is 0.164. The second-order valence-electron chi connectivity index (χ2n) is 9.41. The maximum absolute atomic E-state index is 13.1. The highest BCUT2D eigenvalue weighted by Crippen LogP contribution is 2.33. The number of pyridine rings is 2. The maximum atomic E-state index is 13.1. The molecule has 0 unspecified atom stereocenters. The fraction of sp³-hybridized carbons (Fsp3) is 0.458. The van der Waals surface area contributed by atoms with E-state index in [9.17, 15) is 14.4 Å². The van der Waals surface area contributed by atoms with Crippen LogP contribution in [0.25, 0.3) is 0 Å². The van der Waals surface area contributed by atoms with E-state index >= 15 is 0 Å². The van der Waals surface area contributed by atoms with E-state index in [4.69, 9.17) is 4.74 Å². The van der Waals surface area contributed by atoms with Gasteiger partial charge in [0, 0.05) is 18.9 Å². The number of nitrogens with zero attached hydrogens (tertiary/aromatic N) is 3. The zero-order valence-corrected chi connectivity index (χ0v) is 19.7. The van der Waals surface area contributed by atoms with Crippen LogP contribution in [-0.2, 0) is 14.3 Å². The first-order chi connectivity index (χ1) is 15.5. The van der Waals surface area contributed by atoms with Crippen LogP contribution in [0.15, 0.2) is 36.8 Å². The van der Waals surface area contributed by atoms with Gasteiger partial charge in [0.2, 0.25) is 0 Å². The Bertz CT molecular complexity index is 1020. The largest absolute Gasteiger partial charge is 0.444 e. The number of carbonyl (C=O) groups is 3. The van der Waals surface area contributed by atoms with E-state index in [2.05, 4.69) is 27.5 Å². The molecule has 33 heavy (non-hydrogen) atoms. The molecule has 1 aliphatic heterocycles. The van der Waals surface area contributed by atoms with E-state index in [0.717, 1.165) is 18.4 Å². The molecule has 2 N–H and O–H groups in total. The lowest BCUT2D eigenvalue weighted by molar-refractivity contribution is -0.146. The fourth-order valence-electron chi connectivity index (χ4n) is 3.80. The van der Waals surface area contributed by atoms with Gasteiger partial charge >= 0.3 is 17.9 Å². The highest BCUT2D eigenvalue weighted by Gasteiger charge is 2.34. The molecule has 1 aliphatic rings. The number of ether oxygens (including phenoxy) is 1. The van der Waals surface area contributed by atoms with Gasteiger partial charge in [-0.1, -0.05) is 6.92 Å². The summed E-state index contributed by atoms with van der Waals surface area (Å²) in [6.45, 7) is 9.63. The van der Waals surface area contributed by atoms with Crippen molar-refractivity contribution in [2.45, 2.75) is 59.1 Å². The summed E-state index contributed by atoms with van der Waals surface area (Å²) in [6.07, 6.45) is 5.92. The summed E-state index contributed by atoms with van der Waals surface area (Å²) in [7, 11) is 0. The van der Waals surface area contributed by atoms with Crippen molar-refractivity contribution in [1.29, 1.82) is 0 Å². The van der Waals surface area contributed by atoms with Crippen LogP contribution in [0.4, 0.5) is 16.3 Å². The Hall–Kier alpha value is -3.49. The first-order valence-electron chi connectivity index (χ1n) is 11.0. The molecular weight excluding hydrogens is 422 g/mol. The van der Waals surface area contributed by atoms with Gasteiger partial charge < -0.3 is 15.0 Å². The van der Waals surface area contributed by atoms with E-state index in [1.54, 1.807) is 51.1 Å². The number of piperidine rings is 1. The van der Waals surface area contributed by atoms with Gasteiger partial charge in [0.25, 0.3) is 0 Å². The van der Waals surface area contributed by atoms with E-state index in [1.807, 2.05) is 12.1 Å². The second-order valence-corrected chi connectivity index (χ2v) is 9.41. The van der Waals surface area contributed by atoms with Crippen molar-refractivity contribution in [3.05, 3.63) is 47.9 Å². The van der Waals surface area contributed by atoms with Gasteiger partial charge in [0.1, 0.15) is 11.4 Å². The Morgan fingerprint density at radius 3 is 2.45 bits per heavy atom. The monoisotopic (exact) mass is 453 g/mol. The molecule has 0 saturated carbocycles. The Morgan fingerprint density at radius 2 is 1.82 bits per heavy atom. The predicted octanol–water partition coefficient (Wildman–Crippen LogP) is 4.07. The second kappa shape index (κ2) is 9.97. The molecule has 0 aliphatic carbocycles. The Labute approximate surface area is 193 Å². The third-order valence-electron chi connectivity index (χ3n) is 5.32. The fourth-order valence-corrected chi connectivity index (χ4v) is 3.80. The van der Waals surface area contributed by atoms with E-state index < -0.39 is 23.5 Å². The number of aryl methyl sites for hydroxylation is 1. The minimum Gasteiger partial charge on any atom is -0.444 e. The van der Waals surface area contributed by atoms with E-state index in [-0.39, 0.29) is 6.04 Å². The molecule has 1 fully saturated rings. The third-order valence-corrected chi connectivity index (χ3v) is 5.32. The van der Waals surface area contributed by atoms with Gasteiger partial charge in [0.15, 0.2) is 0 Å². The molecule has 0 radical (unpaired) electrons. The molecule has 0 spiro atoms. The van der Waals surface area contributed by atoms with Gasteiger partial charge in [-0.3, -0.25) is 19.9 Å². The summed E-state index contributed by atoms with van der Waals surface area (Å²) in [5.74, 6) is -0.688. The van der Waals surface area contributed by atoms with Crippen LogP contribution in [0.1, 0.15) is 57.7 Å². The van der Waals surface area contributed by atoms with Crippen molar-refractivity contribution in [2.75, 3.05) is 17.2 Å². The zero-order chi connectivity index (χ0) is 24.2. The van der Waals surface area contributed by atoms with Gasteiger partial charge in [0.05, 0.1) is 17.9 Å². The summed E-state index contributed by atoms with van der Waals surface area (Å²) in [6, 6.07) is 5.23. The molecule has 0 aromatic carbocycles. The van der Waals surface area contributed by atoms with Crippen molar-refractivity contribution in [2.24, 2.45) is 5.92 Å². The van der Waals surface area contributed by atoms with Crippen LogP contribution >= 0.6 is 0 Å². The van der Waals surface area contributed by atoms with Crippen molar-refractivity contribution >= 4 is 29.4 Å². The highest BCUT2D eigenvalue weighted by atomic mass is 16.6. The average Bonchev–Trinajstić information content (AvgIpc) is 2.74. The quantitative estimate of drug-likeness (QED) is 0.677. The average molecular weight is 454 g/mol. The minimum atomic E-state index is -0.725. The van der Waals surface area contributed by atoms with Gasteiger partial charge in [-0.25, -0.2) is 9.78 Å². The molecule has 9 nitrogen and oxygen atoms in total. The Kier molecular flexibility index (Phi) is 7.30. The van der Waals surface area contributed by atoms with E-state index in [0.29, 0.717) is 29.5 Å². The summed E-state index contributed by atoms with van der Waals surface area (Å²) in [5.41, 5.74) is 1.32. The molecule has 2 aromatic rings. The molecule has 176 valence electrons. The molecule has 2 atom stereocenters. The Morgan fingerprint density at radius 1 is 1.12 bits per heavy atom. The van der Waals surface area contributed by atoms with Crippen LogP contribution in [0.5, 0.6) is 0 Å². The molecule has 3 heterocycles. The number of likely N-dealkylation sites (tertiary alicyclic amines) is 1. The first kappa shape index (κ1) is 24.2. The van der Waals surface area contributed by atoms with Crippen molar-refractivity contribution in [3.63, 3.8) is 0 Å². The van der Waals surface area contributed by atoms with Crippen LogP contribution in [0.3, 0.4) is 0 Å². The lowest BCUT2D eigenvalue weighted by Crippen LogP contribution is -2.46. The normalized spacial score (nSPS) is 18.4. The Balaban J connectivity index is 1.69. The number of rotatable bonds is 3. The first-order valence-corrected chi connectivity index (χ1v) is 11.0. The van der Waals surface area contributed by atoms with Crippen molar-refractivity contribution in [1.82, 2.24) is 14.9 Å². The van der Waals surface area contributed by atoms with E-state index in [1.165, 1.54) is 6.20 Å². The zero-order valence-electron chi connectivity index (χ0n) is 19.7. The van der Waals surface area contributed by atoms with Crippen LogP contribution in [0, 0.1) is 12.8 Å². The summed E-state index contributed by atoms with van der Waals surface area (Å²) >= 11 is 0. The number of carbonyl (C=O) groups excluding carboxylic acids is 3. The summed E-state index contributed by atoms with van der Waals surface area (Å²) in [4.78, 5) is 47.7.